The zero-order valence-electron chi connectivity index (χ0n) is 24.8. The van der Waals surface area contributed by atoms with E-state index in [9.17, 15) is 27.5 Å². The summed E-state index contributed by atoms with van der Waals surface area (Å²) in [6, 6.07) is 9.60. The Morgan fingerprint density at radius 2 is 1.81 bits per heavy atom. The summed E-state index contributed by atoms with van der Waals surface area (Å²) in [5, 5.41) is 12.2. The van der Waals surface area contributed by atoms with Gasteiger partial charge in [0.1, 0.15) is 23.0 Å². The van der Waals surface area contributed by atoms with Crippen molar-refractivity contribution in [1.29, 1.82) is 0 Å². The molecule has 2 N–H and O–H groups in total. The molecule has 2 atom stereocenters. The Morgan fingerprint density at radius 1 is 1.12 bits per heavy atom. The summed E-state index contributed by atoms with van der Waals surface area (Å²) in [5.74, 6) is -0.738. The summed E-state index contributed by atoms with van der Waals surface area (Å²) >= 11 is 0. The summed E-state index contributed by atoms with van der Waals surface area (Å²) in [6.07, 6.45) is 0.836. The highest BCUT2D eigenvalue weighted by Crippen LogP contribution is 2.39. The Labute approximate surface area is 251 Å². The minimum atomic E-state index is -3.94. The topological polar surface area (TPSA) is 144 Å². The number of anilines is 1. The van der Waals surface area contributed by atoms with Gasteiger partial charge in [-0.1, -0.05) is 31.5 Å². The molecule has 1 aromatic carbocycles. The van der Waals surface area contributed by atoms with E-state index in [2.05, 4.69) is 10.3 Å². The van der Waals surface area contributed by atoms with Crippen LogP contribution in [-0.2, 0) is 23.8 Å². The van der Waals surface area contributed by atoms with Crippen molar-refractivity contribution in [3.05, 3.63) is 47.7 Å². The SMILES string of the molecule is CCC(CC)(NC(=O)c1ccc(N2CC(OS(=O)(=O)c3ccc(C)cc3)C2)c(OCC2CC2CO)n1)C(=O)OCCCF. The van der Waals surface area contributed by atoms with Gasteiger partial charge in [-0.2, -0.15) is 8.42 Å². The third kappa shape index (κ3) is 7.81. The number of aliphatic hydroxyl groups is 1. The first kappa shape index (κ1) is 32.6. The number of hydrogen-bond donors (Lipinski definition) is 2. The summed E-state index contributed by atoms with van der Waals surface area (Å²) < 4.78 is 54.6. The summed E-state index contributed by atoms with van der Waals surface area (Å²) in [5.41, 5.74) is 0.216. The highest BCUT2D eigenvalue weighted by molar-refractivity contribution is 7.86. The van der Waals surface area contributed by atoms with Gasteiger partial charge in [0.25, 0.3) is 16.0 Å². The molecule has 2 heterocycles. The fourth-order valence-electron chi connectivity index (χ4n) is 4.87. The number of esters is 1. The molecule has 2 unspecified atom stereocenters. The Kier molecular flexibility index (Phi) is 10.6. The molecule has 0 radical (unpaired) electrons. The number of carbonyl (C=O) groups is 2. The minimum Gasteiger partial charge on any atom is -0.476 e. The van der Waals surface area contributed by atoms with Gasteiger partial charge in [-0.15, -0.1) is 0 Å². The number of halogens is 1. The van der Waals surface area contributed by atoms with E-state index < -0.39 is 40.3 Å². The molecule has 1 saturated carbocycles. The van der Waals surface area contributed by atoms with E-state index in [0.29, 0.717) is 12.3 Å². The predicted molar refractivity (Wildman–Crippen MR) is 156 cm³/mol. The largest absolute Gasteiger partial charge is 0.476 e. The molecule has 4 rings (SSSR count). The van der Waals surface area contributed by atoms with Crippen molar-refractivity contribution in [1.82, 2.24) is 10.3 Å². The quantitative estimate of drug-likeness (QED) is 0.163. The van der Waals surface area contributed by atoms with E-state index in [4.69, 9.17) is 13.7 Å². The van der Waals surface area contributed by atoms with Gasteiger partial charge < -0.3 is 24.8 Å². The minimum absolute atomic E-state index is 0.0198. The van der Waals surface area contributed by atoms with Crippen LogP contribution in [0.3, 0.4) is 0 Å². The van der Waals surface area contributed by atoms with Crippen molar-refractivity contribution in [3.8, 4) is 5.88 Å². The second-order valence-corrected chi connectivity index (χ2v) is 12.7. The number of benzene rings is 1. The molecule has 13 heteroatoms. The number of alkyl halides is 1. The summed E-state index contributed by atoms with van der Waals surface area (Å²) in [6.45, 7) is 5.55. The number of amides is 1. The molecule has 1 aliphatic carbocycles. The lowest BCUT2D eigenvalue weighted by Gasteiger charge is -2.40. The first-order valence-electron chi connectivity index (χ1n) is 14.6. The Bertz CT molecular complexity index is 1380. The van der Waals surface area contributed by atoms with Crippen LogP contribution in [-0.4, -0.2) is 81.6 Å². The van der Waals surface area contributed by atoms with Crippen molar-refractivity contribution < 1.29 is 41.2 Å². The van der Waals surface area contributed by atoms with E-state index in [1.165, 1.54) is 18.2 Å². The Balaban J connectivity index is 1.48. The van der Waals surface area contributed by atoms with Gasteiger partial charge in [0.2, 0.25) is 5.88 Å². The van der Waals surface area contributed by atoms with Gasteiger partial charge in [-0.25, -0.2) is 9.78 Å². The second-order valence-electron chi connectivity index (χ2n) is 11.1. The molecular weight excluding hydrogens is 581 g/mol. The molecule has 236 valence electrons. The first-order valence-corrected chi connectivity index (χ1v) is 16.0. The lowest BCUT2D eigenvalue weighted by atomic mass is 9.92. The summed E-state index contributed by atoms with van der Waals surface area (Å²) in [7, 11) is -3.94. The molecular formula is C30H40FN3O8S. The predicted octanol–water partition coefficient (Wildman–Crippen LogP) is 3.18. The van der Waals surface area contributed by atoms with Crippen LogP contribution >= 0.6 is 0 Å². The van der Waals surface area contributed by atoms with E-state index in [0.717, 1.165) is 12.0 Å². The molecule has 1 saturated heterocycles. The lowest BCUT2D eigenvalue weighted by molar-refractivity contribution is -0.152. The van der Waals surface area contributed by atoms with E-state index in [1.807, 2.05) is 11.8 Å². The van der Waals surface area contributed by atoms with Crippen molar-refractivity contribution in [3.63, 3.8) is 0 Å². The number of aliphatic hydroxyl groups excluding tert-OH is 1. The third-order valence-corrected chi connectivity index (χ3v) is 9.41. The molecule has 2 aromatic rings. The number of nitrogens with one attached hydrogen (secondary N) is 1. The van der Waals surface area contributed by atoms with Crippen LogP contribution in [0.2, 0.25) is 0 Å². The molecule has 1 aliphatic heterocycles. The van der Waals surface area contributed by atoms with Crippen LogP contribution in [0.5, 0.6) is 5.88 Å². The highest BCUT2D eigenvalue weighted by Gasteiger charge is 2.40. The van der Waals surface area contributed by atoms with Crippen molar-refractivity contribution in [2.75, 3.05) is 44.5 Å². The smallest absolute Gasteiger partial charge is 0.331 e. The number of nitrogens with zero attached hydrogens (tertiary/aromatic N) is 2. The van der Waals surface area contributed by atoms with Crippen molar-refractivity contribution in [2.24, 2.45) is 11.8 Å². The van der Waals surface area contributed by atoms with Gasteiger partial charge in [0, 0.05) is 26.1 Å². The number of rotatable bonds is 16. The first-order chi connectivity index (χ1) is 20.6. The average molecular weight is 622 g/mol. The molecule has 1 amide bonds. The third-order valence-electron chi connectivity index (χ3n) is 8.03. The van der Waals surface area contributed by atoms with Crippen LogP contribution in [0.15, 0.2) is 41.3 Å². The molecule has 43 heavy (non-hydrogen) atoms. The van der Waals surface area contributed by atoms with Gasteiger partial charge in [-0.3, -0.25) is 13.4 Å². The fraction of sp³-hybridized carbons (Fsp3) is 0.567. The molecule has 2 fully saturated rings. The van der Waals surface area contributed by atoms with Crippen LogP contribution < -0.4 is 15.0 Å². The van der Waals surface area contributed by atoms with E-state index in [1.54, 1.807) is 32.0 Å². The van der Waals surface area contributed by atoms with E-state index >= 15 is 0 Å². The van der Waals surface area contributed by atoms with Crippen LogP contribution in [0.4, 0.5) is 10.1 Å². The highest BCUT2D eigenvalue weighted by atomic mass is 32.2. The van der Waals surface area contributed by atoms with Gasteiger partial charge in [0.05, 0.1) is 24.8 Å². The zero-order valence-corrected chi connectivity index (χ0v) is 25.6. The van der Waals surface area contributed by atoms with Crippen LogP contribution in [0.25, 0.3) is 0 Å². The Hall–Kier alpha value is -3.29. The van der Waals surface area contributed by atoms with Crippen molar-refractivity contribution in [2.45, 2.75) is 63.0 Å². The van der Waals surface area contributed by atoms with Gasteiger partial charge in [-0.05, 0) is 62.3 Å². The number of hydrogen-bond acceptors (Lipinski definition) is 10. The number of aromatic nitrogens is 1. The average Bonchev–Trinajstić information content (AvgIpc) is 3.75. The second kappa shape index (κ2) is 14.0. The molecule has 1 aromatic heterocycles. The number of aryl methyl sites for hydroxylation is 1. The zero-order chi connectivity index (χ0) is 31.2. The van der Waals surface area contributed by atoms with Gasteiger partial charge in [0.15, 0.2) is 0 Å². The molecule has 2 aliphatic rings. The maximum absolute atomic E-state index is 13.3. The number of carbonyl (C=O) groups excluding carboxylic acids is 2. The van der Waals surface area contributed by atoms with Crippen molar-refractivity contribution >= 4 is 27.7 Å². The normalized spacial score (nSPS) is 18.6. The van der Waals surface area contributed by atoms with E-state index in [-0.39, 0.29) is 73.9 Å². The maximum Gasteiger partial charge on any atom is 0.331 e. The Morgan fingerprint density at radius 3 is 2.42 bits per heavy atom. The maximum atomic E-state index is 13.3. The molecule has 0 spiro atoms. The summed E-state index contributed by atoms with van der Waals surface area (Å²) in [4.78, 5) is 32.5. The molecule has 11 nitrogen and oxygen atoms in total. The lowest BCUT2D eigenvalue weighted by Crippen LogP contribution is -2.55. The number of ether oxygens (including phenoxy) is 2. The monoisotopic (exact) mass is 621 g/mol. The molecule has 0 bridgehead atoms. The fourth-order valence-corrected chi connectivity index (χ4v) is 5.93. The standard InChI is InChI=1S/C30H40FN3O8S/c1-4-30(5-2,29(37)40-14-6-13-31)33-27(36)25-11-12-26(28(32-25)41-19-22-15-21(22)18-35)34-16-23(17-34)42-43(38,39)24-9-7-20(3)8-10-24/h7-12,21-23,35H,4-6,13-19H2,1-3H3,(H,33,36). The van der Waals surface area contributed by atoms with Gasteiger partial charge >= 0.3 is 5.97 Å². The van der Waals surface area contributed by atoms with Crippen LogP contribution in [0.1, 0.15) is 55.6 Å². The van der Waals surface area contributed by atoms with Crippen LogP contribution in [0, 0.1) is 18.8 Å². The number of pyridine rings is 1.